The molecule has 0 saturated carbocycles. The molecule has 0 aliphatic rings. The second-order valence-electron chi connectivity index (χ2n) is 5.65. The number of amides is 2. The molecule has 0 saturated heterocycles. The molecular weight excluding hydrogens is 318 g/mol. The van der Waals surface area contributed by atoms with Gasteiger partial charge in [0.25, 0.3) is 5.91 Å². The number of unbranched alkanes of at least 4 members (excludes halogenated alkanes) is 2. The first kappa shape index (κ1) is 18.4. The van der Waals surface area contributed by atoms with Crippen molar-refractivity contribution in [2.24, 2.45) is 0 Å². The maximum atomic E-state index is 12.3. The van der Waals surface area contributed by atoms with Gasteiger partial charge in [-0.1, -0.05) is 25.8 Å². The molecule has 0 radical (unpaired) electrons. The highest BCUT2D eigenvalue weighted by atomic mass is 16.2. The number of carbonyl (C=O) groups is 2. The summed E-state index contributed by atoms with van der Waals surface area (Å²) in [5.74, 6) is 0.0386. The first-order valence-corrected chi connectivity index (χ1v) is 8.33. The Kier molecular flexibility index (Phi) is 6.88. The van der Waals surface area contributed by atoms with Crippen molar-refractivity contribution in [3.8, 4) is 0 Å². The second kappa shape index (κ2) is 9.36. The minimum absolute atomic E-state index is 0.168. The maximum Gasteiger partial charge on any atom is 0.258 e. The van der Waals surface area contributed by atoms with Gasteiger partial charge in [0.15, 0.2) is 0 Å². The van der Waals surface area contributed by atoms with Crippen LogP contribution in [0.25, 0.3) is 0 Å². The van der Waals surface area contributed by atoms with E-state index in [2.05, 4.69) is 32.8 Å². The molecule has 1 aromatic carbocycles. The van der Waals surface area contributed by atoms with Crippen molar-refractivity contribution < 1.29 is 9.59 Å². The average molecular weight is 341 g/mol. The molecule has 7 heteroatoms. The van der Waals surface area contributed by atoms with E-state index in [-0.39, 0.29) is 11.8 Å². The molecule has 0 spiro atoms. The number of hydrogen-bond acceptors (Lipinski definition) is 5. The van der Waals surface area contributed by atoms with Gasteiger partial charge in [0.1, 0.15) is 0 Å². The summed E-state index contributed by atoms with van der Waals surface area (Å²) in [5.41, 5.74) is 1.57. The number of carbonyl (C=O) groups excluding carboxylic acids is 2. The van der Waals surface area contributed by atoms with Crippen molar-refractivity contribution in [3.05, 3.63) is 42.2 Å². The smallest absolute Gasteiger partial charge is 0.258 e. The Labute approximate surface area is 147 Å². The van der Waals surface area contributed by atoms with E-state index in [0.29, 0.717) is 22.9 Å². The van der Waals surface area contributed by atoms with Crippen molar-refractivity contribution in [1.29, 1.82) is 0 Å². The molecule has 7 nitrogen and oxygen atoms in total. The van der Waals surface area contributed by atoms with Gasteiger partial charge in [0, 0.05) is 37.2 Å². The van der Waals surface area contributed by atoms with E-state index in [0.717, 1.165) is 25.8 Å². The van der Waals surface area contributed by atoms with Crippen LogP contribution in [0.4, 0.5) is 17.3 Å². The third-order valence-electron chi connectivity index (χ3n) is 3.42. The van der Waals surface area contributed by atoms with E-state index in [9.17, 15) is 9.59 Å². The van der Waals surface area contributed by atoms with Crippen molar-refractivity contribution in [2.75, 3.05) is 22.5 Å². The van der Waals surface area contributed by atoms with Crippen LogP contribution in [0.2, 0.25) is 0 Å². The van der Waals surface area contributed by atoms with E-state index in [1.807, 2.05) is 0 Å². The zero-order valence-electron chi connectivity index (χ0n) is 14.5. The zero-order valence-corrected chi connectivity index (χ0v) is 14.5. The lowest BCUT2D eigenvalue weighted by atomic mass is 10.2. The number of rotatable bonds is 8. The third-order valence-corrected chi connectivity index (χ3v) is 3.42. The summed E-state index contributed by atoms with van der Waals surface area (Å²) in [5, 5.41) is 8.56. The van der Waals surface area contributed by atoms with E-state index >= 15 is 0 Å². The van der Waals surface area contributed by atoms with Crippen LogP contribution < -0.4 is 16.0 Å². The van der Waals surface area contributed by atoms with Gasteiger partial charge in [-0.25, -0.2) is 9.97 Å². The highest BCUT2D eigenvalue weighted by molar-refractivity contribution is 6.04. The lowest BCUT2D eigenvalue weighted by Gasteiger charge is -2.08. The van der Waals surface area contributed by atoms with Crippen LogP contribution in [0.3, 0.4) is 0 Å². The number of aromatic nitrogens is 2. The Hall–Kier alpha value is -2.96. The predicted octanol–water partition coefficient (Wildman–Crippen LogP) is 3.29. The Morgan fingerprint density at radius 1 is 1.04 bits per heavy atom. The van der Waals surface area contributed by atoms with Gasteiger partial charge in [-0.2, -0.15) is 0 Å². The van der Waals surface area contributed by atoms with Crippen LogP contribution in [0.1, 0.15) is 43.5 Å². The van der Waals surface area contributed by atoms with Crippen molar-refractivity contribution in [1.82, 2.24) is 9.97 Å². The number of anilines is 3. The topological polar surface area (TPSA) is 96.0 Å². The minimum atomic E-state index is -0.308. The molecule has 0 aliphatic heterocycles. The molecule has 0 fully saturated rings. The Morgan fingerprint density at radius 3 is 2.36 bits per heavy atom. The van der Waals surface area contributed by atoms with Crippen molar-refractivity contribution >= 4 is 29.1 Å². The van der Waals surface area contributed by atoms with Crippen LogP contribution in [0, 0.1) is 0 Å². The van der Waals surface area contributed by atoms with Gasteiger partial charge in [-0.05, 0) is 24.6 Å². The molecule has 0 atom stereocenters. The van der Waals surface area contributed by atoms with Crippen molar-refractivity contribution in [2.45, 2.75) is 33.1 Å². The van der Waals surface area contributed by atoms with Crippen LogP contribution in [-0.4, -0.2) is 28.3 Å². The Morgan fingerprint density at radius 2 is 1.72 bits per heavy atom. The van der Waals surface area contributed by atoms with Crippen molar-refractivity contribution in [3.63, 3.8) is 0 Å². The summed E-state index contributed by atoms with van der Waals surface area (Å²) in [7, 11) is 0. The molecule has 1 heterocycles. The fourth-order valence-corrected chi connectivity index (χ4v) is 2.19. The maximum absolute atomic E-state index is 12.3. The first-order chi connectivity index (χ1) is 12.1. The van der Waals surface area contributed by atoms with E-state index in [1.54, 1.807) is 24.3 Å². The van der Waals surface area contributed by atoms with Crippen LogP contribution in [0.15, 0.2) is 36.7 Å². The lowest BCUT2D eigenvalue weighted by Crippen LogP contribution is -2.14. The summed E-state index contributed by atoms with van der Waals surface area (Å²) >= 11 is 0. The molecule has 0 aliphatic carbocycles. The van der Waals surface area contributed by atoms with E-state index < -0.39 is 0 Å². The van der Waals surface area contributed by atoms with E-state index in [4.69, 9.17) is 0 Å². The molecule has 2 rings (SSSR count). The molecule has 2 aromatic rings. The van der Waals surface area contributed by atoms with Crippen LogP contribution in [0.5, 0.6) is 0 Å². The number of benzene rings is 1. The van der Waals surface area contributed by atoms with Gasteiger partial charge in [-0.3, -0.25) is 9.59 Å². The summed E-state index contributed by atoms with van der Waals surface area (Å²) in [6, 6.07) is 6.93. The summed E-state index contributed by atoms with van der Waals surface area (Å²) in [4.78, 5) is 31.7. The van der Waals surface area contributed by atoms with Gasteiger partial charge in [0.2, 0.25) is 11.9 Å². The zero-order chi connectivity index (χ0) is 18.1. The number of hydrogen-bond donors (Lipinski definition) is 3. The van der Waals surface area contributed by atoms with Crippen LogP contribution >= 0.6 is 0 Å². The quantitative estimate of drug-likeness (QED) is 0.640. The normalized spacial score (nSPS) is 10.2. The molecular formula is C18H23N5O2. The third kappa shape index (κ3) is 6.21. The number of nitrogens with one attached hydrogen (secondary N) is 3. The monoisotopic (exact) mass is 341 g/mol. The highest BCUT2D eigenvalue weighted by Crippen LogP contribution is 2.16. The van der Waals surface area contributed by atoms with Gasteiger partial charge in [0.05, 0.1) is 5.56 Å². The van der Waals surface area contributed by atoms with E-state index in [1.165, 1.54) is 19.3 Å². The fourth-order valence-electron chi connectivity index (χ4n) is 2.19. The highest BCUT2D eigenvalue weighted by Gasteiger charge is 2.08. The fraction of sp³-hybridized carbons (Fsp3) is 0.333. The Balaban J connectivity index is 1.93. The largest absolute Gasteiger partial charge is 0.354 e. The number of nitrogens with zero attached hydrogens (tertiary/aromatic N) is 2. The average Bonchev–Trinajstić information content (AvgIpc) is 2.59. The standard InChI is InChI=1S/C18H23N5O2/c1-3-4-5-9-19-18-20-11-14(12-21-18)17(25)23-16-8-6-7-15(10-16)22-13(2)24/h6-8,10-12H,3-5,9H2,1-2H3,(H,22,24)(H,23,25)(H,19,20,21). The molecule has 25 heavy (non-hydrogen) atoms. The van der Waals surface area contributed by atoms with Crippen LogP contribution in [-0.2, 0) is 4.79 Å². The SMILES string of the molecule is CCCCCNc1ncc(C(=O)Nc2cccc(NC(C)=O)c2)cn1. The molecule has 0 bridgehead atoms. The molecule has 0 unspecified atom stereocenters. The van der Waals surface area contributed by atoms with Gasteiger partial charge in [-0.15, -0.1) is 0 Å². The minimum Gasteiger partial charge on any atom is -0.354 e. The molecule has 3 N–H and O–H groups in total. The molecule has 1 aromatic heterocycles. The van der Waals surface area contributed by atoms with Gasteiger partial charge >= 0.3 is 0 Å². The second-order valence-corrected chi connectivity index (χ2v) is 5.65. The summed E-state index contributed by atoms with van der Waals surface area (Å²) < 4.78 is 0. The summed E-state index contributed by atoms with van der Waals surface area (Å²) in [6.07, 6.45) is 6.35. The molecule has 132 valence electrons. The Bertz CT molecular complexity index is 716. The molecule has 2 amide bonds. The summed E-state index contributed by atoms with van der Waals surface area (Å²) in [6.45, 7) is 4.39. The lowest BCUT2D eigenvalue weighted by molar-refractivity contribution is -0.114. The predicted molar refractivity (Wildman–Crippen MR) is 98.7 cm³/mol. The first-order valence-electron chi connectivity index (χ1n) is 8.33. The van der Waals surface area contributed by atoms with Gasteiger partial charge < -0.3 is 16.0 Å².